The largest absolute Gasteiger partial charge is 2.00 e. The number of carboxylic acid groups (broad SMARTS) is 1. The summed E-state index contributed by atoms with van der Waals surface area (Å²) in [5.74, 6) is -1.63. The zero-order valence-electron chi connectivity index (χ0n) is 16.7. The van der Waals surface area contributed by atoms with E-state index in [1.54, 1.807) is 43.0 Å². The summed E-state index contributed by atoms with van der Waals surface area (Å²) in [4.78, 5) is 39.2. The molecule has 5 nitrogen and oxygen atoms in total. The van der Waals surface area contributed by atoms with Crippen LogP contribution in [0.1, 0.15) is 23.7 Å². The van der Waals surface area contributed by atoms with Gasteiger partial charge in [-0.2, -0.15) is 0 Å². The zero-order valence-corrected chi connectivity index (χ0v) is 20.6. The van der Waals surface area contributed by atoms with Crippen LogP contribution in [-0.4, -0.2) is 83.2 Å². The maximum Gasteiger partial charge on any atom is 2.00 e. The van der Waals surface area contributed by atoms with E-state index in [4.69, 9.17) is 0 Å². The molecule has 0 N–H and O–H groups in total. The van der Waals surface area contributed by atoms with Crippen LogP contribution in [0.25, 0.3) is 0 Å². The number of amides is 1. The second-order valence-corrected chi connectivity index (χ2v) is 9.35. The van der Waals surface area contributed by atoms with Crippen molar-refractivity contribution < 1.29 is 19.5 Å². The van der Waals surface area contributed by atoms with Crippen LogP contribution in [-0.2, 0) is 9.59 Å². The number of benzene rings is 2. The molecule has 1 amide bonds. The molecule has 8 heteroatoms. The molecular formula is C22H22CaNO4S2+. The number of carbonyl (C=O) groups excluding carboxylic acids is 3. The molecule has 152 valence electrons. The maximum atomic E-state index is 12.9. The number of hydrogen-bond donors (Lipinski definition) is 0. The predicted molar refractivity (Wildman–Crippen MR) is 119 cm³/mol. The molecule has 0 aliphatic carbocycles. The van der Waals surface area contributed by atoms with E-state index in [-0.39, 0.29) is 54.0 Å². The molecule has 1 heterocycles. The molecule has 0 aromatic heterocycles. The third kappa shape index (κ3) is 6.75. The number of rotatable bonds is 7. The number of aliphatic carboxylic acids is 1. The minimum atomic E-state index is -1.23. The molecule has 0 spiro atoms. The van der Waals surface area contributed by atoms with Gasteiger partial charge >= 0.3 is 37.7 Å². The Morgan fingerprint density at radius 3 is 2.27 bits per heavy atom. The van der Waals surface area contributed by atoms with Crippen molar-refractivity contribution in [2.45, 2.75) is 29.5 Å². The predicted octanol–water partition coefficient (Wildman–Crippen LogP) is 2.33. The molecule has 1 aliphatic rings. The Hall–Kier alpha value is -0.990. The third-order valence-corrected chi connectivity index (χ3v) is 7.14. The Morgan fingerprint density at radius 2 is 1.67 bits per heavy atom. The molecule has 0 bridgehead atoms. The minimum absolute atomic E-state index is 0. The standard InChI is InChI=1S/C22H23NO4S2.Ca/c1-15(14-28-22(27)16-8-4-2-5-9-16)20(24)23-13-18(12-19(23)21(25)26)29-17-10-6-3-7-11-17;/h2-11,15,18-19H,12-14H2,1H3,(H,25,26);/q;+2/p-1/t15-,18+,19+;/m1./s1. The Balaban J connectivity index is 0.00000320. The SMILES string of the molecule is C[C@H](CSC(=O)c1ccccc1)C(=O)N1C[C@@H](Sc2ccccc2)C[C@H]1C(=O)[O-].[Ca+2]. The van der Waals surface area contributed by atoms with E-state index in [0.29, 0.717) is 24.3 Å². The molecule has 2 aromatic rings. The maximum absolute atomic E-state index is 12.9. The Bertz CT molecular complexity index is 866. The summed E-state index contributed by atoms with van der Waals surface area (Å²) in [7, 11) is 0. The van der Waals surface area contributed by atoms with Gasteiger partial charge in [-0.3, -0.25) is 9.59 Å². The molecule has 3 rings (SSSR count). The van der Waals surface area contributed by atoms with Crippen LogP contribution in [0.2, 0.25) is 0 Å². The third-order valence-electron chi connectivity index (χ3n) is 4.76. The minimum Gasteiger partial charge on any atom is -0.548 e. The van der Waals surface area contributed by atoms with Crippen molar-refractivity contribution >= 4 is 78.3 Å². The molecule has 0 saturated carbocycles. The van der Waals surface area contributed by atoms with Gasteiger partial charge in [-0.25, -0.2) is 0 Å². The van der Waals surface area contributed by atoms with Crippen molar-refractivity contribution in [3.8, 4) is 0 Å². The van der Waals surface area contributed by atoms with Crippen molar-refractivity contribution in [3.05, 3.63) is 66.2 Å². The first-order valence-corrected chi connectivity index (χ1v) is 11.3. The Labute approximate surface area is 215 Å². The average Bonchev–Trinajstić information content (AvgIpc) is 3.16. The summed E-state index contributed by atoms with van der Waals surface area (Å²) in [6.07, 6.45) is 0.358. The molecule has 1 saturated heterocycles. The summed E-state index contributed by atoms with van der Waals surface area (Å²) >= 11 is 2.66. The van der Waals surface area contributed by atoms with E-state index in [9.17, 15) is 19.5 Å². The van der Waals surface area contributed by atoms with Gasteiger partial charge in [0.25, 0.3) is 0 Å². The number of nitrogens with zero attached hydrogens (tertiary/aromatic N) is 1. The first-order valence-electron chi connectivity index (χ1n) is 9.41. The van der Waals surface area contributed by atoms with Gasteiger partial charge in [0.05, 0.1) is 12.0 Å². The van der Waals surface area contributed by atoms with Crippen LogP contribution in [0.5, 0.6) is 0 Å². The van der Waals surface area contributed by atoms with Gasteiger partial charge in [0.15, 0.2) is 0 Å². The van der Waals surface area contributed by atoms with Crippen LogP contribution in [0.15, 0.2) is 65.6 Å². The van der Waals surface area contributed by atoms with Crippen molar-refractivity contribution in [2.75, 3.05) is 12.3 Å². The van der Waals surface area contributed by atoms with Crippen LogP contribution in [0.3, 0.4) is 0 Å². The number of carboxylic acids is 1. The van der Waals surface area contributed by atoms with Gasteiger partial charge in [-0.1, -0.05) is 67.2 Å². The first kappa shape index (κ1) is 25.3. The van der Waals surface area contributed by atoms with Gasteiger partial charge in [0.2, 0.25) is 11.0 Å². The number of likely N-dealkylation sites (tertiary alicyclic amines) is 1. The Morgan fingerprint density at radius 1 is 1.07 bits per heavy atom. The number of thioether (sulfide) groups is 2. The van der Waals surface area contributed by atoms with E-state index < -0.39 is 17.9 Å². The number of hydrogen-bond acceptors (Lipinski definition) is 6. The fraction of sp³-hybridized carbons (Fsp3) is 0.318. The molecule has 1 aliphatic heterocycles. The van der Waals surface area contributed by atoms with Crippen molar-refractivity contribution in [3.63, 3.8) is 0 Å². The fourth-order valence-electron chi connectivity index (χ4n) is 3.25. The van der Waals surface area contributed by atoms with Gasteiger partial charge in [-0.05, 0) is 18.6 Å². The summed E-state index contributed by atoms with van der Waals surface area (Å²) in [6, 6.07) is 17.7. The Kier molecular flexibility index (Phi) is 10.2. The molecule has 30 heavy (non-hydrogen) atoms. The second-order valence-electron chi connectivity index (χ2n) is 6.98. The smallest absolute Gasteiger partial charge is 0.548 e. The van der Waals surface area contributed by atoms with Crippen molar-refractivity contribution in [1.82, 2.24) is 4.90 Å². The monoisotopic (exact) mass is 468 g/mol. The van der Waals surface area contributed by atoms with E-state index in [0.717, 1.165) is 16.7 Å². The van der Waals surface area contributed by atoms with Crippen LogP contribution in [0, 0.1) is 5.92 Å². The van der Waals surface area contributed by atoms with Gasteiger partial charge < -0.3 is 14.8 Å². The molecule has 3 atom stereocenters. The van der Waals surface area contributed by atoms with Crippen LogP contribution >= 0.6 is 23.5 Å². The van der Waals surface area contributed by atoms with Gasteiger partial charge in [0, 0.05) is 33.9 Å². The molecule has 1 fully saturated rings. The van der Waals surface area contributed by atoms with Crippen molar-refractivity contribution in [1.29, 1.82) is 0 Å². The average molecular weight is 469 g/mol. The molecule has 2 aromatic carbocycles. The van der Waals surface area contributed by atoms with E-state index >= 15 is 0 Å². The molecule has 0 radical (unpaired) electrons. The normalized spacial score (nSPS) is 19.0. The van der Waals surface area contributed by atoms with E-state index in [1.807, 2.05) is 36.4 Å². The quantitative estimate of drug-likeness (QED) is 0.581. The topological polar surface area (TPSA) is 77.5 Å². The molecule has 0 unspecified atom stereocenters. The summed E-state index contributed by atoms with van der Waals surface area (Å²) in [6.45, 7) is 2.09. The number of carbonyl (C=O) groups is 3. The summed E-state index contributed by atoms with van der Waals surface area (Å²) in [5.41, 5.74) is 0.588. The summed E-state index contributed by atoms with van der Waals surface area (Å²) < 4.78 is 0. The van der Waals surface area contributed by atoms with Crippen LogP contribution in [0.4, 0.5) is 0 Å². The van der Waals surface area contributed by atoms with Gasteiger partial charge in [0.1, 0.15) is 0 Å². The summed E-state index contributed by atoms with van der Waals surface area (Å²) in [5, 5.41) is 11.5. The second kappa shape index (κ2) is 12.1. The first-order chi connectivity index (χ1) is 14.0. The van der Waals surface area contributed by atoms with E-state index in [1.165, 1.54) is 4.90 Å². The van der Waals surface area contributed by atoms with E-state index in [2.05, 4.69) is 0 Å². The van der Waals surface area contributed by atoms with Gasteiger partial charge in [-0.15, -0.1) is 11.8 Å². The van der Waals surface area contributed by atoms with Crippen LogP contribution < -0.4 is 5.11 Å². The molecular weight excluding hydrogens is 446 g/mol. The van der Waals surface area contributed by atoms with Crippen molar-refractivity contribution in [2.24, 2.45) is 5.92 Å². The fourth-order valence-corrected chi connectivity index (χ4v) is 5.31. The zero-order chi connectivity index (χ0) is 20.8.